The van der Waals surface area contributed by atoms with Crippen LogP contribution in [0.5, 0.6) is 0 Å². The van der Waals surface area contributed by atoms with Crippen LogP contribution in [0.4, 0.5) is 0 Å². The summed E-state index contributed by atoms with van der Waals surface area (Å²) in [7, 11) is -2.48. The van der Waals surface area contributed by atoms with Crippen LogP contribution in [0.15, 0.2) is 23.2 Å². The summed E-state index contributed by atoms with van der Waals surface area (Å²) in [5, 5.41) is 67.1. The minimum atomic E-state index is -2.48. The van der Waals surface area contributed by atoms with Crippen molar-refractivity contribution in [3.8, 4) is 0 Å². The van der Waals surface area contributed by atoms with Crippen molar-refractivity contribution >= 4 is 120 Å². The molecule has 11 atom stereocenters. The van der Waals surface area contributed by atoms with Crippen molar-refractivity contribution in [2.45, 2.75) is 146 Å². The van der Waals surface area contributed by atoms with E-state index in [2.05, 4.69) is 52.8 Å². The number of aromatic nitrogens is 1. The van der Waals surface area contributed by atoms with Crippen molar-refractivity contribution in [1.29, 1.82) is 0 Å². The maximum absolute atomic E-state index is 15.1. The Bertz CT molecular complexity index is 3010. The lowest BCUT2D eigenvalue weighted by Gasteiger charge is -2.32. The Morgan fingerprint density at radius 2 is 1.41 bits per heavy atom. The molecule has 87 heavy (non-hydrogen) atoms. The number of carbonyl (C=O) groups excluding carboxylic acids is 12. The van der Waals surface area contributed by atoms with E-state index in [9.17, 15) is 92.7 Å². The molecule has 3 unspecified atom stereocenters. The van der Waals surface area contributed by atoms with Crippen LogP contribution in [-0.4, -0.2) is 225 Å². The molecule has 1 fully saturated rings. The van der Waals surface area contributed by atoms with E-state index >= 15 is 4.21 Å². The molecule has 1 saturated heterocycles. The number of amides is 9. The summed E-state index contributed by atoms with van der Waals surface area (Å²) in [4.78, 5) is 194. The summed E-state index contributed by atoms with van der Waals surface area (Å²) in [6.45, 7) is 1.41. The number of aliphatic carboxylic acids is 2. The summed E-state index contributed by atoms with van der Waals surface area (Å²) >= 11 is 2.99. The number of aromatic amines is 1. The molecule has 3 aliphatic heterocycles. The number of aliphatic hydroxyl groups excluding tert-OH is 3. The van der Waals surface area contributed by atoms with Gasteiger partial charge in [-0.05, 0) is 42.0 Å². The van der Waals surface area contributed by atoms with Crippen molar-refractivity contribution in [3.05, 3.63) is 29.3 Å². The van der Waals surface area contributed by atoms with Gasteiger partial charge in [0.15, 0.2) is 11.6 Å². The predicted octanol–water partition coefficient (Wildman–Crippen LogP) is -3.23. The van der Waals surface area contributed by atoms with Gasteiger partial charge in [0.2, 0.25) is 47.3 Å². The van der Waals surface area contributed by atoms with Crippen LogP contribution in [-0.2, 0) is 90.8 Å². The first-order valence-electron chi connectivity index (χ1n) is 28.3. The van der Waals surface area contributed by atoms with E-state index in [1.54, 1.807) is 19.9 Å². The fourth-order valence-corrected chi connectivity index (χ4v) is 12.0. The minimum Gasteiger partial charge on any atom is -0.481 e. The van der Waals surface area contributed by atoms with Crippen LogP contribution in [0.3, 0.4) is 0 Å². The highest BCUT2D eigenvalue weighted by Gasteiger charge is 2.45. The van der Waals surface area contributed by atoms with E-state index in [-0.39, 0.29) is 71.1 Å². The monoisotopic (exact) mass is 1310 g/mol. The lowest BCUT2D eigenvalue weighted by atomic mass is 9.93. The van der Waals surface area contributed by atoms with Crippen LogP contribution in [0.1, 0.15) is 96.6 Å². The minimum absolute atomic E-state index is 0.00145. The summed E-state index contributed by atoms with van der Waals surface area (Å²) < 4.78 is 15.1. The van der Waals surface area contributed by atoms with Gasteiger partial charge in [-0.2, -0.15) is 0 Å². The molecule has 12 N–H and O–H groups in total. The fourth-order valence-electron chi connectivity index (χ4n) is 10.3. The number of alkyl halides is 1. The smallest absolute Gasteiger partial charge is 0.325 e. The Balaban J connectivity index is 1.61. The molecule has 2 aromatic rings. The molecular weight excluding hydrogens is 1230 g/mol. The third-order valence-electron chi connectivity index (χ3n) is 15.3. The lowest BCUT2D eigenvalue weighted by molar-refractivity contribution is -0.168. The number of Topliss-reactive ketones (excluding diaryl/α,β-unsaturated/α-hetero) is 3. The highest BCUT2D eigenvalue weighted by molar-refractivity contribution is 9.09. The van der Waals surface area contributed by atoms with Gasteiger partial charge in [0.05, 0.1) is 72.2 Å². The molecule has 0 spiro atoms. The zero-order valence-corrected chi connectivity index (χ0v) is 50.8. The first-order valence-corrected chi connectivity index (χ1v) is 30.8. The number of rotatable bonds is 20. The number of carboxylic acids is 2. The number of hydrogen-bond acceptors (Lipinski definition) is 18. The first kappa shape index (κ1) is 70.2. The van der Waals surface area contributed by atoms with Crippen molar-refractivity contribution < 1.29 is 96.9 Å². The lowest BCUT2D eigenvalue weighted by Crippen LogP contribution is -2.61. The number of nitrogens with one attached hydrogen (secondary N) is 7. The number of unbranched alkanes of at least 4 members (excludes halogenated alkanes) is 1. The number of halogens is 1. The SMILES string of the molecule is CCC(=O)N(CC(=O)O)N(CC(=O)CCCCC(=O)Cc1ccc2[nH]c3c(c2c1)C[C@H]1NC(=O)[C@H](C(C)C(O)CO)NC(=O)[C@@H]2C[C@@H](O)CN2C(=O)[C@H](CC(=O)O)CC(=O)[C@H](CS3=O)NC(=O)CNC(=O)[C@H]([C@@H](C)CC)NC(=O)CNC1=O)C(=O)CBr. The van der Waals surface area contributed by atoms with Crippen LogP contribution in [0.25, 0.3) is 10.9 Å². The standard InChI is InChI=1S/C55H75BrN10O20S/c1-5-27(3)48-52(83)58-20-42(73)59-38-26-87(86)54-35(34-14-29(11-12-36(34)61-54)13-31(68)9-7-8-10-32(69)23-65(45(76)19-56)66(24-47(79)80)44(75)6-2)18-37(50(81)57-21-43(74)62-48)60-53(84)49(28(4)41(72)25-67)63-51(82)39-17-33(70)22-64(39)55(85)30(15-40(38)71)16-46(77)78/h11-12,14,27-28,30,33,37-39,41,48-49,61,67,70,72H,5-10,13,15-26H2,1-4H3,(H,57,81)(H,58,83)(H,59,73)(H,60,84)(H,62,74)(H,63,82)(H,77,78)(H,79,80)/t27-,28?,30-,33+,37+,38-,39-,41?,48-,49-,87?/m0/s1. The predicted molar refractivity (Wildman–Crippen MR) is 308 cm³/mol. The van der Waals surface area contributed by atoms with Crippen molar-refractivity contribution in [3.63, 3.8) is 0 Å². The van der Waals surface area contributed by atoms with E-state index in [0.717, 1.165) is 9.91 Å². The fraction of sp³-hybridized carbons (Fsp3) is 0.600. The number of nitrogens with zero attached hydrogens (tertiary/aromatic N) is 3. The molecule has 30 nitrogen and oxygen atoms in total. The number of hydrogen-bond donors (Lipinski definition) is 12. The molecule has 478 valence electrons. The molecule has 0 radical (unpaired) electrons. The van der Waals surface area contributed by atoms with E-state index in [4.69, 9.17) is 0 Å². The van der Waals surface area contributed by atoms with Gasteiger partial charge in [-0.15, -0.1) is 0 Å². The largest absolute Gasteiger partial charge is 0.481 e. The zero-order chi connectivity index (χ0) is 64.6. The summed E-state index contributed by atoms with van der Waals surface area (Å²) in [6.07, 6.45) is -6.22. The number of H-pyrrole nitrogens is 1. The number of aliphatic hydroxyl groups is 3. The number of benzene rings is 1. The molecule has 3 aliphatic rings. The van der Waals surface area contributed by atoms with Gasteiger partial charge in [0.25, 0.3) is 5.91 Å². The molecule has 0 saturated carbocycles. The van der Waals surface area contributed by atoms with Gasteiger partial charge in [-0.1, -0.05) is 56.1 Å². The molecular formula is C55H75BrN10O20S. The summed E-state index contributed by atoms with van der Waals surface area (Å²) in [5.74, 6) is -18.2. The second-order valence-electron chi connectivity index (χ2n) is 21.8. The zero-order valence-electron chi connectivity index (χ0n) is 48.4. The maximum atomic E-state index is 15.1. The second kappa shape index (κ2) is 32.4. The van der Waals surface area contributed by atoms with Crippen LogP contribution in [0, 0.1) is 17.8 Å². The Morgan fingerprint density at radius 3 is 2.03 bits per heavy atom. The van der Waals surface area contributed by atoms with Crippen molar-refractivity contribution in [2.75, 3.05) is 50.4 Å². The number of carboxylic acid groups (broad SMARTS) is 2. The van der Waals surface area contributed by atoms with E-state index < -0.39 is 218 Å². The molecule has 32 heteroatoms. The van der Waals surface area contributed by atoms with Crippen LogP contribution >= 0.6 is 15.9 Å². The summed E-state index contributed by atoms with van der Waals surface area (Å²) in [6, 6.07) is -3.93. The van der Waals surface area contributed by atoms with Gasteiger partial charge in [0.1, 0.15) is 48.1 Å². The number of fused-ring (bicyclic) bond motifs is 5. The number of carbonyl (C=O) groups is 14. The molecule has 5 rings (SSSR count). The van der Waals surface area contributed by atoms with Gasteiger partial charge < -0.3 is 67.3 Å². The van der Waals surface area contributed by atoms with E-state index in [1.165, 1.54) is 26.0 Å². The third kappa shape index (κ3) is 19.2. The molecule has 1 aromatic carbocycles. The van der Waals surface area contributed by atoms with Crippen molar-refractivity contribution in [2.24, 2.45) is 17.8 Å². The second-order valence-corrected chi connectivity index (χ2v) is 23.8. The van der Waals surface area contributed by atoms with Gasteiger partial charge in [-0.3, -0.25) is 71.3 Å². The highest BCUT2D eigenvalue weighted by atomic mass is 79.9. The van der Waals surface area contributed by atoms with Gasteiger partial charge in [-0.25, -0.2) is 10.0 Å². The number of ketones is 3. The topological polar surface area (TPSA) is 455 Å². The molecule has 0 aliphatic carbocycles. The van der Waals surface area contributed by atoms with Crippen LogP contribution < -0.4 is 31.9 Å². The normalized spacial score (nSPS) is 23.9. The van der Waals surface area contributed by atoms with Crippen LogP contribution in [0.2, 0.25) is 0 Å². The van der Waals surface area contributed by atoms with Gasteiger partial charge >= 0.3 is 11.9 Å². The Hall–Kier alpha value is -7.55. The van der Waals surface area contributed by atoms with E-state index in [0.29, 0.717) is 17.0 Å². The van der Waals surface area contributed by atoms with E-state index in [1.807, 2.05) is 0 Å². The molecule has 1 aromatic heterocycles. The average Bonchev–Trinajstić information content (AvgIpc) is 3.45. The summed E-state index contributed by atoms with van der Waals surface area (Å²) in [5.41, 5.74) is 0.562. The quantitative estimate of drug-likeness (QED) is 0.0352. The Morgan fingerprint density at radius 1 is 0.770 bits per heavy atom. The number of hydrazine groups is 1. The first-order chi connectivity index (χ1) is 41.1. The third-order valence-corrected chi connectivity index (χ3v) is 17.3. The highest BCUT2D eigenvalue weighted by Crippen LogP contribution is 2.30. The Labute approximate surface area is 509 Å². The van der Waals surface area contributed by atoms with Gasteiger partial charge in [0, 0.05) is 68.3 Å². The molecule has 2 bridgehead atoms. The van der Waals surface area contributed by atoms with Crippen molar-refractivity contribution in [1.82, 2.24) is 51.8 Å². The maximum Gasteiger partial charge on any atom is 0.325 e. The average molecular weight is 1310 g/mol. The molecule has 9 amide bonds. The Kier molecular flexibility index (Phi) is 26.2. The molecule has 4 heterocycles.